The number of benzene rings is 2. The molecule has 0 saturated heterocycles. The summed E-state index contributed by atoms with van der Waals surface area (Å²) in [5, 5.41) is 0.817. The van der Waals surface area contributed by atoms with Gasteiger partial charge in [0.1, 0.15) is 5.82 Å². The monoisotopic (exact) mass is 360 g/mol. The van der Waals surface area contributed by atoms with Gasteiger partial charge in [-0.25, -0.2) is 17.5 Å². The van der Waals surface area contributed by atoms with Crippen LogP contribution in [0.5, 0.6) is 0 Å². The second kappa shape index (κ2) is 6.42. The van der Waals surface area contributed by atoms with Gasteiger partial charge in [-0.1, -0.05) is 12.1 Å². The third-order valence-corrected chi connectivity index (χ3v) is 5.52. The SMILES string of the molecule is Cc1ccc2cc(CNS(=O)(=O)c3ccc(F)cc3C)c(=O)[nH]c2c1. The van der Waals surface area contributed by atoms with E-state index in [2.05, 4.69) is 9.71 Å². The Kier molecular flexibility index (Phi) is 4.45. The Morgan fingerprint density at radius 1 is 1.08 bits per heavy atom. The molecule has 0 aliphatic heterocycles. The summed E-state index contributed by atoms with van der Waals surface area (Å²) in [6, 6.07) is 10.7. The molecule has 1 heterocycles. The molecule has 2 N–H and O–H groups in total. The number of hydrogen-bond acceptors (Lipinski definition) is 3. The van der Waals surface area contributed by atoms with Crippen LogP contribution >= 0.6 is 0 Å². The lowest BCUT2D eigenvalue weighted by atomic mass is 10.1. The van der Waals surface area contributed by atoms with Gasteiger partial charge in [0.2, 0.25) is 10.0 Å². The highest BCUT2D eigenvalue weighted by molar-refractivity contribution is 7.89. The van der Waals surface area contributed by atoms with E-state index in [-0.39, 0.29) is 17.0 Å². The summed E-state index contributed by atoms with van der Waals surface area (Å²) in [5.41, 5.74) is 1.97. The zero-order valence-corrected chi connectivity index (χ0v) is 14.6. The lowest BCUT2D eigenvalue weighted by Gasteiger charge is -2.10. The Balaban J connectivity index is 1.90. The van der Waals surface area contributed by atoms with Gasteiger partial charge in [0.15, 0.2) is 0 Å². The number of sulfonamides is 1. The lowest BCUT2D eigenvalue weighted by molar-refractivity contribution is 0.579. The van der Waals surface area contributed by atoms with E-state index in [0.29, 0.717) is 16.6 Å². The number of rotatable bonds is 4. The molecular weight excluding hydrogens is 343 g/mol. The van der Waals surface area contributed by atoms with E-state index in [1.165, 1.54) is 13.0 Å². The summed E-state index contributed by atoms with van der Waals surface area (Å²) in [4.78, 5) is 14.9. The molecular formula is C18H17FN2O3S. The minimum Gasteiger partial charge on any atom is -0.322 e. The second-order valence-electron chi connectivity index (χ2n) is 5.95. The average molecular weight is 360 g/mol. The molecule has 130 valence electrons. The molecule has 3 aromatic rings. The van der Waals surface area contributed by atoms with Crippen molar-refractivity contribution in [2.24, 2.45) is 0 Å². The summed E-state index contributed by atoms with van der Waals surface area (Å²) < 4.78 is 40.4. The van der Waals surface area contributed by atoms with Crippen molar-refractivity contribution >= 4 is 20.9 Å². The van der Waals surface area contributed by atoms with Crippen LogP contribution in [0.3, 0.4) is 0 Å². The number of nitrogens with one attached hydrogen (secondary N) is 2. The van der Waals surface area contributed by atoms with E-state index in [9.17, 15) is 17.6 Å². The molecule has 0 spiro atoms. The van der Waals surface area contributed by atoms with Crippen molar-refractivity contribution in [2.75, 3.05) is 0 Å². The van der Waals surface area contributed by atoms with Crippen LogP contribution in [0.25, 0.3) is 10.9 Å². The van der Waals surface area contributed by atoms with Crippen LogP contribution < -0.4 is 10.3 Å². The zero-order valence-electron chi connectivity index (χ0n) is 13.8. The average Bonchev–Trinajstić information content (AvgIpc) is 2.52. The molecule has 0 fully saturated rings. The molecule has 1 aromatic heterocycles. The highest BCUT2D eigenvalue weighted by Gasteiger charge is 2.17. The van der Waals surface area contributed by atoms with Gasteiger partial charge in [-0.05, 0) is 60.7 Å². The first-order chi connectivity index (χ1) is 11.8. The fourth-order valence-electron chi connectivity index (χ4n) is 2.66. The highest BCUT2D eigenvalue weighted by atomic mass is 32.2. The molecule has 3 rings (SSSR count). The lowest BCUT2D eigenvalue weighted by Crippen LogP contribution is -2.27. The van der Waals surface area contributed by atoms with Crippen molar-refractivity contribution in [3.8, 4) is 0 Å². The first-order valence-electron chi connectivity index (χ1n) is 7.65. The van der Waals surface area contributed by atoms with Gasteiger partial charge in [-0.3, -0.25) is 4.79 Å². The molecule has 0 saturated carbocycles. The van der Waals surface area contributed by atoms with Crippen LogP contribution in [0.1, 0.15) is 16.7 Å². The Bertz CT molecular complexity index is 1120. The van der Waals surface area contributed by atoms with Crippen molar-refractivity contribution in [1.29, 1.82) is 0 Å². The molecule has 0 atom stereocenters. The second-order valence-corrected chi connectivity index (χ2v) is 7.68. The molecule has 0 amide bonds. The van der Waals surface area contributed by atoms with E-state index in [4.69, 9.17) is 0 Å². The fourth-order valence-corrected chi connectivity index (χ4v) is 3.89. The largest absolute Gasteiger partial charge is 0.322 e. The van der Waals surface area contributed by atoms with Crippen molar-refractivity contribution in [3.05, 3.63) is 75.3 Å². The van der Waals surface area contributed by atoms with Crippen molar-refractivity contribution in [2.45, 2.75) is 25.3 Å². The summed E-state index contributed by atoms with van der Waals surface area (Å²) in [7, 11) is -3.85. The number of halogens is 1. The Hall–Kier alpha value is -2.51. The normalized spacial score (nSPS) is 11.8. The summed E-state index contributed by atoms with van der Waals surface area (Å²) in [5.74, 6) is -0.502. The van der Waals surface area contributed by atoms with Gasteiger partial charge in [0.05, 0.1) is 4.90 Å². The van der Waals surface area contributed by atoms with Crippen LogP contribution in [0.15, 0.2) is 52.2 Å². The molecule has 0 aliphatic carbocycles. The van der Waals surface area contributed by atoms with E-state index in [1.807, 2.05) is 25.1 Å². The van der Waals surface area contributed by atoms with Crippen molar-refractivity contribution in [3.63, 3.8) is 0 Å². The first kappa shape index (κ1) is 17.3. The third-order valence-electron chi connectivity index (χ3n) is 3.96. The van der Waals surface area contributed by atoms with Crippen molar-refractivity contribution in [1.82, 2.24) is 9.71 Å². The molecule has 0 aliphatic rings. The molecule has 7 heteroatoms. The minimum absolute atomic E-state index is 0.0123. The topological polar surface area (TPSA) is 79.0 Å². The predicted octanol–water partition coefficient (Wildman–Crippen LogP) is 2.76. The third kappa shape index (κ3) is 3.62. The Morgan fingerprint density at radius 2 is 1.84 bits per heavy atom. The van der Waals surface area contributed by atoms with Crippen molar-refractivity contribution < 1.29 is 12.8 Å². The fraction of sp³-hybridized carbons (Fsp3) is 0.167. The van der Waals surface area contributed by atoms with Gasteiger partial charge in [0.25, 0.3) is 5.56 Å². The van der Waals surface area contributed by atoms with E-state index >= 15 is 0 Å². The molecule has 0 bridgehead atoms. The Morgan fingerprint density at radius 3 is 2.56 bits per heavy atom. The van der Waals surface area contributed by atoms with Crippen LogP contribution in [-0.4, -0.2) is 13.4 Å². The zero-order chi connectivity index (χ0) is 18.2. The van der Waals surface area contributed by atoms with E-state index in [1.54, 1.807) is 6.07 Å². The molecule has 2 aromatic carbocycles. The van der Waals surface area contributed by atoms with Crippen LogP contribution in [0, 0.1) is 19.7 Å². The molecule has 25 heavy (non-hydrogen) atoms. The number of aromatic nitrogens is 1. The van der Waals surface area contributed by atoms with E-state index in [0.717, 1.165) is 23.1 Å². The van der Waals surface area contributed by atoms with E-state index < -0.39 is 15.8 Å². The van der Waals surface area contributed by atoms with Gasteiger partial charge in [-0.15, -0.1) is 0 Å². The van der Waals surface area contributed by atoms with Gasteiger partial charge >= 0.3 is 0 Å². The Labute approximate surface area is 144 Å². The number of aryl methyl sites for hydroxylation is 2. The highest BCUT2D eigenvalue weighted by Crippen LogP contribution is 2.17. The summed E-state index contributed by atoms with van der Waals surface area (Å²) >= 11 is 0. The van der Waals surface area contributed by atoms with Crippen LogP contribution in [0.2, 0.25) is 0 Å². The maximum Gasteiger partial charge on any atom is 0.252 e. The maximum absolute atomic E-state index is 13.2. The van der Waals surface area contributed by atoms with Gasteiger partial charge in [0, 0.05) is 17.6 Å². The van der Waals surface area contributed by atoms with Crippen LogP contribution in [-0.2, 0) is 16.6 Å². The number of H-pyrrole nitrogens is 1. The summed E-state index contributed by atoms with van der Waals surface area (Å²) in [6.45, 7) is 3.28. The predicted molar refractivity (Wildman–Crippen MR) is 94.5 cm³/mol. The maximum atomic E-state index is 13.2. The molecule has 0 unspecified atom stereocenters. The molecule has 5 nitrogen and oxygen atoms in total. The first-order valence-corrected chi connectivity index (χ1v) is 9.13. The van der Waals surface area contributed by atoms with Crippen LogP contribution in [0.4, 0.5) is 4.39 Å². The number of hydrogen-bond donors (Lipinski definition) is 2. The summed E-state index contributed by atoms with van der Waals surface area (Å²) in [6.07, 6.45) is 0. The molecule has 0 radical (unpaired) electrons. The standard InChI is InChI=1S/C18H17FN2O3S/c1-11-3-4-13-9-14(18(22)21-16(13)7-11)10-20-25(23,24)17-6-5-15(19)8-12(17)2/h3-9,20H,10H2,1-2H3,(H,21,22). The number of pyridine rings is 1. The quantitative estimate of drug-likeness (QED) is 0.751. The smallest absolute Gasteiger partial charge is 0.252 e. The number of fused-ring (bicyclic) bond motifs is 1. The van der Waals surface area contributed by atoms with Gasteiger partial charge < -0.3 is 4.98 Å². The minimum atomic E-state index is -3.85. The van der Waals surface area contributed by atoms with Gasteiger partial charge in [-0.2, -0.15) is 0 Å². The number of aromatic amines is 1.